The fourth-order valence-electron chi connectivity index (χ4n) is 6.23. The lowest BCUT2D eigenvalue weighted by molar-refractivity contribution is -0.192. The average Bonchev–Trinajstić information content (AvgIpc) is 3.76. The maximum atomic E-state index is 15.0. The summed E-state index contributed by atoms with van der Waals surface area (Å²) in [6.07, 6.45) is -0.658. The third-order valence-electron chi connectivity index (χ3n) is 9.28. The number of nitrogens with one attached hydrogen (secondary N) is 1. The third kappa shape index (κ3) is 15.4. The number of Topliss-reactive ketones (excluding diaryl/α,β-unsaturated/α-hetero) is 1. The average molecular weight is 897 g/mol. The van der Waals surface area contributed by atoms with Gasteiger partial charge in [-0.3, -0.25) is 33.1 Å². The maximum Gasteiger partial charge on any atom is 0.490 e. The zero-order chi connectivity index (χ0) is 46.4. The van der Waals surface area contributed by atoms with Crippen LogP contribution in [0.1, 0.15) is 63.9 Å². The lowest BCUT2D eigenvalue weighted by atomic mass is 9.84. The molecule has 21 heteroatoms. The topological polar surface area (TPSA) is 222 Å². The second kappa shape index (κ2) is 23.0. The first-order valence-electron chi connectivity index (χ1n) is 19.2. The molecule has 3 aromatic rings. The van der Waals surface area contributed by atoms with E-state index in [9.17, 15) is 55.2 Å². The Morgan fingerprint density at radius 2 is 1.60 bits per heavy atom. The van der Waals surface area contributed by atoms with Crippen LogP contribution in [0.4, 0.5) is 22.0 Å². The van der Waals surface area contributed by atoms with Crippen molar-refractivity contribution in [3.05, 3.63) is 89.9 Å². The van der Waals surface area contributed by atoms with E-state index in [2.05, 4.69) is 5.32 Å². The van der Waals surface area contributed by atoms with Gasteiger partial charge >= 0.3 is 12.1 Å². The highest BCUT2D eigenvalue weighted by molar-refractivity contribution is 7.85. The van der Waals surface area contributed by atoms with Gasteiger partial charge in [-0.15, -0.1) is 0 Å². The molecule has 2 aromatic carbocycles. The van der Waals surface area contributed by atoms with Crippen molar-refractivity contribution in [2.45, 2.75) is 71.3 Å². The Labute approximate surface area is 356 Å². The molecule has 0 spiro atoms. The molecule has 4 amide bonds. The van der Waals surface area contributed by atoms with Crippen molar-refractivity contribution in [3.63, 3.8) is 0 Å². The molecular weight excluding hydrogens is 848 g/mol. The van der Waals surface area contributed by atoms with Gasteiger partial charge in [-0.25, -0.2) is 18.6 Å². The molecule has 1 aromatic heterocycles. The number of aliphatic carboxylic acids is 1. The number of aliphatic hydroxyl groups is 1. The summed E-state index contributed by atoms with van der Waals surface area (Å²) in [6.45, 7) is 5.14. The summed E-state index contributed by atoms with van der Waals surface area (Å²) in [5.74, 6) is -5.74. The van der Waals surface area contributed by atoms with E-state index in [-0.39, 0.29) is 74.0 Å². The standard InChI is InChI=1S/C39H48F2N6O7S.C2HF3O2/c1-39(2,3)36(37-44-32(29-22-27(40)11-12-30(29)41)24-45(37)23-26-8-5-4-6-9-26)47(35(52)25-48)19-15-31(42)38(53)43-17-21-55(54)20-16-28(49)10-7-18-46-33(50)13-14-34(46)51;3-2(4,5)1(6)7/h4-6,8-9,11-14,22,24,31,36,48H,7,10,15-21,23,25,42H2,1-3H3,(H,43,53);(H,6,7)/t31-,36-,55?;/m0./s1. The Morgan fingerprint density at radius 3 is 2.18 bits per heavy atom. The van der Waals surface area contributed by atoms with Gasteiger partial charge < -0.3 is 30.7 Å². The highest BCUT2D eigenvalue weighted by Gasteiger charge is 2.39. The van der Waals surface area contributed by atoms with Crippen molar-refractivity contribution in [1.29, 1.82) is 0 Å². The van der Waals surface area contributed by atoms with Gasteiger partial charge in [0.05, 0.1) is 17.8 Å². The summed E-state index contributed by atoms with van der Waals surface area (Å²) in [5.41, 5.74) is 6.50. The van der Waals surface area contributed by atoms with Gasteiger partial charge in [-0.1, -0.05) is 51.1 Å². The van der Waals surface area contributed by atoms with Crippen molar-refractivity contribution in [2.24, 2.45) is 11.1 Å². The predicted molar refractivity (Wildman–Crippen MR) is 216 cm³/mol. The number of nitrogens with zero attached hydrogens (tertiary/aromatic N) is 4. The van der Waals surface area contributed by atoms with E-state index in [1.54, 1.807) is 10.8 Å². The molecule has 5 N–H and O–H groups in total. The SMILES string of the molecule is CC(C)(C)[C@H](c1nc(-c2cc(F)ccc2F)cn1Cc1ccccc1)N(CC[C@H](N)C(=O)NCCS(=O)CCC(=O)CCCN1C(=O)C=CC1=O)C(=O)CO.O=C(O)C(F)(F)F. The molecule has 0 radical (unpaired) electrons. The Kier molecular flexibility index (Phi) is 18.8. The minimum atomic E-state index is -5.08. The van der Waals surface area contributed by atoms with Crippen molar-refractivity contribution in [2.75, 3.05) is 37.7 Å². The third-order valence-corrected chi connectivity index (χ3v) is 10.6. The highest BCUT2D eigenvalue weighted by Crippen LogP contribution is 2.39. The molecule has 62 heavy (non-hydrogen) atoms. The van der Waals surface area contributed by atoms with Crippen molar-refractivity contribution < 1.29 is 65.1 Å². The van der Waals surface area contributed by atoms with Crippen LogP contribution in [-0.4, -0.2) is 119 Å². The number of carboxylic acids is 1. The smallest absolute Gasteiger partial charge is 0.475 e. The highest BCUT2D eigenvalue weighted by atomic mass is 32.2. The molecule has 2 heterocycles. The second-order valence-electron chi connectivity index (χ2n) is 15.1. The Morgan fingerprint density at radius 1 is 0.968 bits per heavy atom. The molecule has 15 nitrogen and oxygen atoms in total. The fourth-order valence-corrected chi connectivity index (χ4v) is 7.22. The minimum absolute atomic E-state index is 0.0167. The van der Waals surface area contributed by atoms with Gasteiger partial charge in [-0.05, 0) is 42.0 Å². The Bertz CT molecular complexity index is 2110. The zero-order valence-electron chi connectivity index (χ0n) is 34.2. The molecule has 4 rings (SSSR count). The zero-order valence-corrected chi connectivity index (χ0v) is 35.0. The number of carbonyl (C=O) groups is 6. The number of hydrogen-bond acceptors (Lipinski definition) is 10. The van der Waals surface area contributed by atoms with Gasteiger partial charge in [0.1, 0.15) is 29.8 Å². The number of halogens is 5. The second-order valence-corrected chi connectivity index (χ2v) is 16.8. The van der Waals surface area contributed by atoms with E-state index in [0.717, 1.165) is 28.7 Å². The number of carbonyl (C=O) groups excluding carboxylic acids is 5. The van der Waals surface area contributed by atoms with Gasteiger partial charge in [0, 0.05) is 85.2 Å². The van der Waals surface area contributed by atoms with Crippen LogP contribution in [0.2, 0.25) is 0 Å². The minimum Gasteiger partial charge on any atom is -0.475 e. The number of imidazole rings is 1. The fraction of sp³-hybridized carbons (Fsp3) is 0.439. The van der Waals surface area contributed by atoms with Crippen LogP contribution >= 0.6 is 0 Å². The lowest BCUT2D eigenvalue weighted by Gasteiger charge is -2.40. The van der Waals surface area contributed by atoms with Crippen molar-refractivity contribution in [1.82, 2.24) is 24.7 Å². The summed E-state index contributed by atoms with van der Waals surface area (Å²) < 4.78 is 75.3. The first-order valence-corrected chi connectivity index (χ1v) is 20.7. The van der Waals surface area contributed by atoms with Crippen LogP contribution in [0.5, 0.6) is 0 Å². The Hall–Kier alpha value is -5.67. The van der Waals surface area contributed by atoms with Crippen LogP contribution in [0.3, 0.4) is 0 Å². The van der Waals surface area contributed by atoms with Crippen molar-refractivity contribution in [3.8, 4) is 11.3 Å². The van der Waals surface area contributed by atoms with Crippen LogP contribution in [0.15, 0.2) is 66.9 Å². The molecule has 338 valence electrons. The number of carboxylic acid groups (broad SMARTS) is 1. The van der Waals surface area contributed by atoms with Gasteiger partial charge in [0.2, 0.25) is 11.8 Å². The quantitative estimate of drug-likeness (QED) is 0.0947. The van der Waals surface area contributed by atoms with Crippen molar-refractivity contribution >= 4 is 46.2 Å². The number of amides is 4. The van der Waals surface area contributed by atoms with Crippen LogP contribution < -0.4 is 11.1 Å². The summed E-state index contributed by atoms with van der Waals surface area (Å²) in [5, 5.41) is 19.8. The summed E-state index contributed by atoms with van der Waals surface area (Å²) in [7, 11) is -1.42. The van der Waals surface area contributed by atoms with Gasteiger partial charge in [0.25, 0.3) is 11.8 Å². The number of rotatable bonds is 20. The molecule has 3 atom stereocenters. The van der Waals surface area contributed by atoms with Crippen LogP contribution in [0.25, 0.3) is 11.3 Å². The normalized spacial score (nSPS) is 14.2. The number of aliphatic hydroxyl groups excluding tert-OH is 1. The Balaban J connectivity index is 0.00000134. The van der Waals surface area contributed by atoms with E-state index >= 15 is 0 Å². The first-order chi connectivity index (χ1) is 29.0. The molecule has 1 aliphatic heterocycles. The summed E-state index contributed by atoms with van der Waals surface area (Å²) in [4.78, 5) is 77.9. The molecular formula is C41H49F5N6O9S. The van der Waals surface area contributed by atoms with E-state index in [1.807, 2.05) is 51.1 Å². The van der Waals surface area contributed by atoms with Crippen LogP contribution in [0, 0.1) is 17.0 Å². The molecule has 0 saturated heterocycles. The van der Waals surface area contributed by atoms with Crippen LogP contribution in [-0.2, 0) is 46.1 Å². The number of imide groups is 1. The number of benzene rings is 2. The summed E-state index contributed by atoms with van der Waals surface area (Å²) in [6, 6.07) is 10.6. The maximum absolute atomic E-state index is 15.0. The molecule has 0 fully saturated rings. The molecule has 0 aliphatic carbocycles. The number of alkyl halides is 3. The molecule has 0 bridgehead atoms. The summed E-state index contributed by atoms with van der Waals surface area (Å²) >= 11 is 0. The monoisotopic (exact) mass is 896 g/mol. The predicted octanol–water partition coefficient (Wildman–Crippen LogP) is 3.66. The number of nitrogens with two attached hydrogens (primary N) is 1. The molecule has 0 saturated carbocycles. The van der Waals surface area contributed by atoms with Gasteiger partial charge in [0.15, 0.2) is 0 Å². The molecule has 1 aliphatic rings. The number of ketones is 1. The van der Waals surface area contributed by atoms with E-state index in [4.69, 9.17) is 20.6 Å². The van der Waals surface area contributed by atoms with E-state index in [1.165, 1.54) is 17.1 Å². The lowest BCUT2D eigenvalue weighted by Crippen LogP contribution is -2.48. The van der Waals surface area contributed by atoms with E-state index in [0.29, 0.717) is 12.2 Å². The largest absolute Gasteiger partial charge is 0.490 e. The molecule has 1 unspecified atom stereocenters. The van der Waals surface area contributed by atoms with E-state index < -0.39 is 82.3 Å². The number of aromatic nitrogens is 2. The first kappa shape index (κ1) is 50.7. The van der Waals surface area contributed by atoms with Gasteiger partial charge in [-0.2, -0.15) is 13.2 Å². The number of hydrogen-bond donors (Lipinski definition) is 4.